The highest BCUT2D eigenvalue weighted by molar-refractivity contribution is 7.99. The third-order valence-electron chi connectivity index (χ3n) is 5.12. The zero-order valence-electron chi connectivity index (χ0n) is 18.9. The number of para-hydroxylation sites is 1. The van der Waals surface area contributed by atoms with E-state index in [9.17, 15) is 4.79 Å². The molecule has 5 aromatic rings. The molecular formula is C25H22N8OS. The van der Waals surface area contributed by atoms with Gasteiger partial charge >= 0.3 is 0 Å². The van der Waals surface area contributed by atoms with Gasteiger partial charge in [-0.3, -0.25) is 9.36 Å². The number of benzene rings is 3. The van der Waals surface area contributed by atoms with Crippen LogP contribution < -0.4 is 5.32 Å². The van der Waals surface area contributed by atoms with Crippen molar-refractivity contribution in [3.8, 4) is 17.1 Å². The quantitative estimate of drug-likeness (QED) is 0.333. The van der Waals surface area contributed by atoms with Crippen molar-refractivity contribution in [2.45, 2.75) is 18.6 Å². The second-order valence-corrected chi connectivity index (χ2v) is 8.73. The molecule has 0 saturated carbocycles. The highest BCUT2D eigenvalue weighted by Crippen LogP contribution is 2.23. The SMILES string of the molecule is Cc1cccc(NC(=O)CSc2nnc(Cn3nnc(-c4ccccc4)n3)n2-c2ccccc2)c1. The van der Waals surface area contributed by atoms with E-state index in [2.05, 4.69) is 30.9 Å². The Balaban J connectivity index is 1.35. The van der Waals surface area contributed by atoms with Crippen molar-refractivity contribution in [3.05, 3.63) is 96.3 Å². The molecule has 0 spiro atoms. The second-order valence-electron chi connectivity index (χ2n) is 7.79. The Morgan fingerprint density at radius 3 is 2.46 bits per heavy atom. The number of rotatable bonds is 8. The molecule has 0 saturated heterocycles. The first-order valence-corrected chi connectivity index (χ1v) is 12.0. The predicted octanol–water partition coefficient (Wildman–Crippen LogP) is 4.01. The average Bonchev–Trinajstić information content (AvgIpc) is 3.51. The zero-order valence-corrected chi connectivity index (χ0v) is 19.8. The number of tetrazole rings is 1. The number of aryl methyl sites for hydroxylation is 1. The summed E-state index contributed by atoms with van der Waals surface area (Å²) in [7, 11) is 0. The maximum absolute atomic E-state index is 12.6. The molecule has 0 unspecified atom stereocenters. The summed E-state index contributed by atoms with van der Waals surface area (Å²) in [6.45, 7) is 2.26. The molecule has 174 valence electrons. The highest BCUT2D eigenvalue weighted by Gasteiger charge is 2.18. The van der Waals surface area contributed by atoms with E-state index in [0.29, 0.717) is 16.8 Å². The minimum absolute atomic E-state index is 0.116. The van der Waals surface area contributed by atoms with Gasteiger partial charge in [0.25, 0.3) is 0 Å². The van der Waals surface area contributed by atoms with Crippen LogP contribution in [-0.4, -0.2) is 46.6 Å². The van der Waals surface area contributed by atoms with Crippen LogP contribution in [-0.2, 0) is 11.3 Å². The largest absolute Gasteiger partial charge is 0.325 e. The van der Waals surface area contributed by atoms with Crippen molar-refractivity contribution in [1.82, 2.24) is 35.0 Å². The second kappa shape index (κ2) is 10.3. The fourth-order valence-electron chi connectivity index (χ4n) is 3.52. The molecule has 5 rings (SSSR count). The van der Waals surface area contributed by atoms with Crippen LogP contribution >= 0.6 is 11.8 Å². The minimum Gasteiger partial charge on any atom is -0.325 e. The van der Waals surface area contributed by atoms with E-state index in [1.54, 1.807) is 0 Å². The van der Waals surface area contributed by atoms with Gasteiger partial charge in [-0.15, -0.1) is 20.4 Å². The summed E-state index contributed by atoms with van der Waals surface area (Å²) in [6.07, 6.45) is 0. The average molecular weight is 483 g/mol. The zero-order chi connectivity index (χ0) is 24.0. The minimum atomic E-state index is -0.116. The number of carbonyl (C=O) groups is 1. The Morgan fingerprint density at radius 2 is 1.69 bits per heavy atom. The molecule has 2 aromatic heterocycles. The van der Waals surface area contributed by atoms with Crippen LogP contribution in [0.3, 0.4) is 0 Å². The van der Waals surface area contributed by atoms with Gasteiger partial charge in [0.05, 0.1) is 5.75 Å². The van der Waals surface area contributed by atoms with Gasteiger partial charge in [-0.2, -0.15) is 4.80 Å². The molecule has 2 heterocycles. The summed E-state index contributed by atoms with van der Waals surface area (Å²) in [5.41, 5.74) is 3.63. The molecule has 0 aliphatic heterocycles. The number of anilines is 1. The lowest BCUT2D eigenvalue weighted by molar-refractivity contribution is -0.113. The number of aromatic nitrogens is 7. The summed E-state index contributed by atoms with van der Waals surface area (Å²) < 4.78 is 1.91. The lowest BCUT2D eigenvalue weighted by Crippen LogP contribution is -2.15. The third-order valence-corrected chi connectivity index (χ3v) is 6.05. The highest BCUT2D eigenvalue weighted by atomic mass is 32.2. The standard InChI is InChI=1S/C25H22N8OS/c1-18-9-8-12-20(15-18)26-23(34)17-35-25-29-27-22(33(25)21-13-6-3-7-14-21)16-32-30-24(28-31-32)19-10-4-2-5-11-19/h2-15H,16-17H2,1H3,(H,26,34). The van der Waals surface area contributed by atoms with Gasteiger partial charge < -0.3 is 5.32 Å². The van der Waals surface area contributed by atoms with Gasteiger partial charge in [0.2, 0.25) is 11.7 Å². The Morgan fingerprint density at radius 1 is 0.914 bits per heavy atom. The Labute approximate surface area is 206 Å². The van der Waals surface area contributed by atoms with Gasteiger partial charge in [-0.25, -0.2) is 0 Å². The molecule has 0 aliphatic rings. The van der Waals surface area contributed by atoms with Gasteiger partial charge in [0.1, 0.15) is 6.54 Å². The van der Waals surface area contributed by atoms with Crippen molar-refractivity contribution in [3.63, 3.8) is 0 Å². The molecule has 0 fully saturated rings. The topological polar surface area (TPSA) is 103 Å². The summed E-state index contributed by atoms with van der Waals surface area (Å²) in [6, 6.07) is 27.1. The van der Waals surface area contributed by atoms with Crippen molar-refractivity contribution >= 4 is 23.4 Å². The maximum atomic E-state index is 12.6. The van der Waals surface area contributed by atoms with Gasteiger partial charge in [-0.1, -0.05) is 72.4 Å². The number of nitrogens with zero attached hydrogens (tertiary/aromatic N) is 7. The van der Waals surface area contributed by atoms with Crippen molar-refractivity contribution in [2.75, 3.05) is 11.1 Å². The lowest BCUT2D eigenvalue weighted by atomic mass is 10.2. The van der Waals surface area contributed by atoms with E-state index in [1.807, 2.05) is 96.4 Å². The van der Waals surface area contributed by atoms with Gasteiger partial charge in [-0.05, 0) is 42.0 Å². The van der Waals surface area contributed by atoms with Crippen molar-refractivity contribution in [2.24, 2.45) is 0 Å². The number of amides is 1. The maximum Gasteiger partial charge on any atom is 0.234 e. The third kappa shape index (κ3) is 5.44. The number of carbonyl (C=O) groups excluding carboxylic acids is 1. The molecule has 0 aliphatic carbocycles. The molecule has 10 heteroatoms. The first kappa shape index (κ1) is 22.5. The van der Waals surface area contributed by atoms with Gasteiger partial charge in [0, 0.05) is 16.9 Å². The summed E-state index contributed by atoms with van der Waals surface area (Å²) in [5, 5.41) is 25.1. The Hall–Kier alpha value is -4.31. The molecule has 9 nitrogen and oxygen atoms in total. The molecular weight excluding hydrogens is 460 g/mol. The number of hydrogen-bond acceptors (Lipinski definition) is 7. The van der Waals surface area contributed by atoms with Crippen LogP contribution in [0.1, 0.15) is 11.4 Å². The first-order chi connectivity index (χ1) is 17.2. The number of thioether (sulfide) groups is 1. The van der Waals surface area contributed by atoms with Crippen LogP contribution in [0.2, 0.25) is 0 Å². The monoisotopic (exact) mass is 482 g/mol. The Bertz CT molecular complexity index is 1430. The van der Waals surface area contributed by atoms with Crippen LogP contribution in [0.15, 0.2) is 90.1 Å². The molecule has 35 heavy (non-hydrogen) atoms. The van der Waals surface area contributed by atoms with Crippen LogP contribution in [0, 0.1) is 6.92 Å². The van der Waals surface area contributed by atoms with Crippen LogP contribution in [0.25, 0.3) is 17.1 Å². The van der Waals surface area contributed by atoms with E-state index >= 15 is 0 Å². The molecule has 1 N–H and O–H groups in total. The van der Waals surface area contributed by atoms with Crippen molar-refractivity contribution < 1.29 is 4.79 Å². The normalized spacial score (nSPS) is 10.9. The molecule has 0 bridgehead atoms. The smallest absolute Gasteiger partial charge is 0.234 e. The summed E-state index contributed by atoms with van der Waals surface area (Å²) in [5.74, 6) is 1.25. The predicted molar refractivity (Wildman–Crippen MR) is 134 cm³/mol. The lowest BCUT2D eigenvalue weighted by Gasteiger charge is -2.10. The molecule has 0 atom stereocenters. The summed E-state index contributed by atoms with van der Waals surface area (Å²) in [4.78, 5) is 14.0. The van der Waals surface area contributed by atoms with E-state index in [4.69, 9.17) is 0 Å². The first-order valence-electron chi connectivity index (χ1n) is 11.0. The van der Waals surface area contributed by atoms with E-state index in [0.717, 1.165) is 22.5 Å². The van der Waals surface area contributed by atoms with E-state index < -0.39 is 0 Å². The molecule has 1 amide bonds. The number of nitrogens with one attached hydrogen (secondary N) is 1. The molecule has 3 aromatic carbocycles. The van der Waals surface area contributed by atoms with E-state index in [-0.39, 0.29) is 18.2 Å². The van der Waals surface area contributed by atoms with E-state index in [1.165, 1.54) is 16.6 Å². The fourth-order valence-corrected chi connectivity index (χ4v) is 4.29. The fraction of sp³-hybridized carbons (Fsp3) is 0.120. The van der Waals surface area contributed by atoms with Crippen LogP contribution in [0.4, 0.5) is 5.69 Å². The number of hydrogen-bond donors (Lipinski definition) is 1. The summed E-state index contributed by atoms with van der Waals surface area (Å²) >= 11 is 1.32. The van der Waals surface area contributed by atoms with Crippen LogP contribution in [0.5, 0.6) is 0 Å². The van der Waals surface area contributed by atoms with Gasteiger partial charge in [0.15, 0.2) is 11.0 Å². The Kier molecular flexibility index (Phi) is 6.62. The molecule has 0 radical (unpaired) electrons. The van der Waals surface area contributed by atoms with Crippen molar-refractivity contribution in [1.29, 1.82) is 0 Å².